The maximum absolute atomic E-state index is 12.9. The normalized spacial score (nSPS) is 11.4. The zero-order chi connectivity index (χ0) is 23.1. The van der Waals surface area contributed by atoms with Crippen molar-refractivity contribution in [3.63, 3.8) is 0 Å². The highest BCUT2D eigenvalue weighted by atomic mass is 16.3. The predicted molar refractivity (Wildman–Crippen MR) is 116 cm³/mol. The Bertz CT molecular complexity index is 1090. The van der Waals surface area contributed by atoms with Crippen LogP contribution in [0.2, 0.25) is 0 Å². The van der Waals surface area contributed by atoms with Crippen molar-refractivity contribution in [2.45, 2.75) is 19.0 Å². The fourth-order valence-corrected chi connectivity index (χ4v) is 3.06. The van der Waals surface area contributed by atoms with Gasteiger partial charge in [-0.25, -0.2) is 0 Å². The van der Waals surface area contributed by atoms with Gasteiger partial charge in [0.25, 0.3) is 11.8 Å². The van der Waals surface area contributed by atoms with Crippen LogP contribution in [0.25, 0.3) is 0 Å². The minimum absolute atomic E-state index is 0.0558. The van der Waals surface area contributed by atoms with Crippen LogP contribution < -0.4 is 10.6 Å². The largest absolute Gasteiger partial charge is 0.504 e. The number of aromatic hydroxyl groups is 3. The summed E-state index contributed by atoms with van der Waals surface area (Å²) < 4.78 is 0. The molecule has 32 heavy (non-hydrogen) atoms. The van der Waals surface area contributed by atoms with E-state index in [0.29, 0.717) is 0 Å². The first kappa shape index (κ1) is 22.4. The first-order chi connectivity index (χ1) is 15.3. The Hall–Kier alpha value is -4.33. The zero-order valence-electron chi connectivity index (χ0n) is 17.0. The van der Waals surface area contributed by atoms with Crippen molar-refractivity contribution in [2.75, 3.05) is 0 Å². The lowest BCUT2D eigenvalue weighted by atomic mass is 10.0. The number of rotatable bonds is 8. The summed E-state index contributed by atoms with van der Waals surface area (Å²) in [6, 6.07) is 18.6. The van der Waals surface area contributed by atoms with Crippen molar-refractivity contribution in [2.24, 2.45) is 0 Å². The Balaban J connectivity index is 1.77. The van der Waals surface area contributed by atoms with Crippen LogP contribution >= 0.6 is 0 Å². The highest BCUT2D eigenvalue weighted by Crippen LogP contribution is 2.35. The average molecular weight is 434 g/mol. The first-order valence-corrected chi connectivity index (χ1v) is 9.81. The molecule has 1 atom stereocenters. The summed E-state index contributed by atoms with van der Waals surface area (Å²) in [5, 5.41) is 33.8. The summed E-state index contributed by atoms with van der Waals surface area (Å²) in [4.78, 5) is 38.0. The maximum Gasteiger partial charge on any atom is 0.289 e. The summed E-state index contributed by atoms with van der Waals surface area (Å²) >= 11 is 0. The van der Waals surface area contributed by atoms with E-state index in [9.17, 15) is 29.7 Å². The molecular formula is C24H22N2O6. The van der Waals surface area contributed by atoms with Gasteiger partial charge >= 0.3 is 0 Å². The maximum atomic E-state index is 12.9. The zero-order valence-corrected chi connectivity index (χ0v) is 17.0. The number of phenolic OH excluding ortho intramolecular Hbond substituents is 3. The molecule has 1 unspecified atom stereocenters. The SMILES string of the molecule is O=C(NCc1ccccc1)C(=O)C(Cc1ccccc1)NC(=O)c1cc(O)c(O)c(O)c1. The highest BCUT2D eigenvalue weighted by molar-refractivity contribution is 6.38. The van der Waals surface area contributed by atoms with E-state index in [1.165, 1.54) is 0 Å². The van der Waals surface area contributed by atoms with Crippen LogP contribution in [0.3, 0.4) is 0 Å². The number of nitrogens with one attached hydrogen (secondary N) is 2. The lowest BCUT2D eigenvalue weighted by molar-refractivity contribution is -0.139. The van der Waals surface area contributed by atoms with E-state index in [1.54, 1.807) is 42.5 Å². The Kier molecular flexibility index (Phi) is 7.07. The van der Waals surface area contributed by atoms with Crippen LogP contribution in [-0.4, -0.2) is 39.0 Å². The van der Waals surface area contributed by atoms with Gasteiger partial charge in [-0.3, -0.25) is 14.4 Å². The number of hydrogen-bond acceptors (Lipinski definition) is 6. The molecule has 0 saturated carbocycles. The molecule has 3 aromatic carbocycles. The molecular weight excluding hydrogens is 412 g/mol. The molecule has 8 heteroatoms. The average Bonchev–Trinajstić information content (AvgIpc) is 2.81. The third-order valence-corrected chi connectivity index (χ3v) is 4.76. The number of carbonyl (C=O) groups excluding carboxylic acids is 3. The van der Waals surface area contributed by atoms with E-state index in [1.807, 2.05) is 18.2 Å². The van der Waals surface area contributed by atoms with Crippen LogP contribution in [0.15, 0.2) is 72.8 Å². The summed E-state index contributed by atoms with van der Waals surface area (Å²) in [6.07, 6.45) is 0.0558. The Morgan fingerprint density at radius 3 is 1.88 bits per heavy atom. The summed E-state index contributed by atoms with van der Waals surface area (Å²) in [5.74, 6) is -4.65. The molecule has 0 heterocycles. The third kappa shape index (κ3) is 5.63. The second-order valence-electron chi connectivity index (χ2n) is 7.11. The molecule has 5 N–H and O–H groups in total. The van der Waals surface area contributed by atoms with Gasteiger partial charge in [0.05, 0.1) is 0 Å². The number of Topliss-reactive ketones (excluding diaryl/α,β-unsaturated/α-hetero) is 1. The molecule has 0 fully saturated rings. The number of hydrogen-bond donors (Lipinski definition) is 5. The van der Waals surface area contributed by atoms with Gasteiger partial charge in [0, 0.05) is 18.5 Å². The fourth-order valence-electron chi connectivity index (χ4n) is 3.06. The van der Waals surface area contributed by atoms with Crippen molar-refractivity contribution >= 4 is 17.6 Å². The van der Waals surface area contributed by atoms with Crippen molar-refractivity contribution in [1.29, 1.82) is 0 Å². The molecule has 8 nitrogen and oxygen atoms in total. The van der Waals surface area contributed by atoms with Crippen LogP contribution in [0.5, 0.6) is 17.2 Å². The van der Waals surface area contributed by atoms with Gasteiger partial charge in [0.1, 0.15) is 6.04 Å². The van der Waals surface area contributed by atoms with Crippen LogP contribution in [0, 0.1) is 0 Å². The molecule has 0 spiro atoms. The molecule has 0 radical (unpaired) electrons. The van der Waals surface area contributed by atoms with E-state index < -0.39 is 40.9 Å². The molecule has 0 aromatic heterocycles. The van der Waals surface area contributed by atoms with Gasteiger partial charge in [-0.05, 0) is 23.3 Å². The number of ketones is 1. The van der Waals surface area contributed by atoms with Gasteiger partial charge in [-0.2, -0.15) is 0 Å². The van der Waals surface area contributed by atoms with Crippen LogP contribution in [-0.2, 0) is 22.6 Å². The van der Waals surface area contributed by atoms with E-state index in [4.69, 9.17) is 0 Å². The van der Waals surface area contributed by atoms with Gasteiger partial charge < -0.3 is 26.0 Å². The summed E-state index contributed by atoms with van der Waals surface area (Å²) in [7, 11) is 0. The van der Waals surface area contributed by atoms with E-state index >= 15 is 0 Å². The van der Waals surface area contributed by atoms with Gasteiger partial charge in [0.15, 0.2) is 17.2 Å². The van der Waals surface area contributed by atoms with Crippen molar-refractivity contribution in [1.82, 2.24) is 10.6 Å². The predicted octanol–water partition coefficient (Wildman–Crippen LogP) is 2.03. The minimum Gasteiger partial charge on any atom is -0.504 e. The van der Waals surface area contributed by atoms with E-state index in [2.05, 4.69) is 10.6 Å². The smallest absolute Gasteiger partial charge is 0.289 e. The molecule has 0 bridgehead atoms. The molecule has 0 aliphatic rings. The molecule has 0 saturated heterocycles. The summed E-state index contributed by atoms with van der Waals surface area (Å²) in [5.41, 5.74) is 1.35. The van der Waals surface area contributed by atoms with Crippen LogP contribution in [0.1, 0.15) is 21.5 Å². The topological polar surface area (TPSA) is 136 Å². The monoisotopic (exact) mass is 434 g/mol. The molecule has 2 amide bonds. The molecule has 0 aliphatic carbocycles. The second kappa shape index (κ2) is 10.1. The quantitative estimate of drug-likeness (QED) is 0.272. The first-order valence-electron chi connectivity index (χ1n) is 9.81. The number of benzene rings is 3. The lowest BCUT2D eigenvalue weighted by Crippen LogP contribution is -2.48. The molecule has 0 aliphatic heterocycles. The Morgan fingerprint density at radius 2 is 1.31 bits per heavy atom. The third-order valence-electron chi connectivity index (χ3n) is 4.76. The number of carbonyl (C=O) groups is 3. The van der Waals surface area contributed by atoms with Crippen LogP contribution in [0.4, 0.5) is 0 Å². The van der Waals surface area contributed by atoms with Gasteiger partial charge in [-0.15, -0.1) is 0 Å². The van der Waals surface area contributed by atoms with E-state index in [0.717, 1.165) is 23.3 Å². The van der Waals surface area contributed by atoms with Crippen molar-refractivity contribution in [3.8, 4) is 17.2 Å². The minimum atomic E-state index is -1.20. The summed E-state index contributed by atoms with van der Waals surface area (Å²) in [6.45, 7) is 0.150. The highest BCUT2D eigenvalue weighted by Gasteiger charge is 2.28. The molecule has 3 aromatic rings. The van der Waals surface area contributed by atoms with Gasteiger partial charge in [-0.1, -0.05) is 60.7 Å². The van der Waals surface area contributed by atoms with Crippen molar-refractivity contribution < 1.29 is 29.7 Å². The van der Waals surface area contributed by atoms with Crippen molar-refractivity contribution in [3.05, 3.63) is 89.5 Å². The number of amides is 2. The Morgan fingerprint density at radius 1 is 0.781 bits per heavy atom. The Labute approximate surface area is 184 Å². The lowest BCUT2D eigenvalue weighted by Gasteiger charge is -2.18. The fraction of sp³-hybridized carbons (Fsp3) is 0.125. The standard InChI is InChI=1S/C24H22N2O6/c27-19-12-17(13-20(28)22(19)30)23(31)26-18(11-15-7-3-1-4-8-15)21(29)24(32)25-14-16-9-5-2-6-10-16/h1-10,12-13,18,27-28,30H,11,14H2,(H,25,32)(H,26,31). The van der Waals surface area contributed by atoms with E-state index in [-0.39, 0.29) is 18.5 Å². The molecule has 164 valence electrons. The van der Waals surface area contributed by atoms with Gasteiger partial charge in [0.2, 0.25) is 5.78 Å². The second-order valence-corrected chi connectivity index (χ2v) is 7.11. The number of phenols is 3. The molecule has 3 rings (SSSR count).